The molecule has 0 radical (unpaired) electrons. The van der Waals surface area contributed by atoms with Crippen molar-refractivity contribution in [2.45, 2.75) is 32.1 Å². The highest BCUT2D eigenvalue weighted by atomic mass is 79.9. The second kappa shape index (κ2) is 4.93. The highest BCUT2D eigenvalue weighted by Gasteiger charge is 2.20. The molecule has 1 saturated carbocycles. The van der Waals surface area contributed by atoms with Gasteiger partial charge in [0.05, 0.1) is 0 Å². The van der Waals surface area contributed by atoms with Gasteiger partial charge in [-0.2, -0.15) is 0 Å². The molecule has 0 bridgehead atoms. The van der Waals surface area contributed by atoms with Crippen LogP contribution < -0.4 is 0 Å². The van der Waals surface area contributed by atoms with Gasteiger partial charge >= 0.3 is 0 Å². The van der Waals surface area contributed by atoms with Gasteiger partial charge in [-0.25, -0.2) is 0 Å². The third-order valence-corrected chi connectivity index (χ3v) is 3.52. The fourth-order valence-electron chi connectivity index (χ4n) is 1.97. The van der Waals surface area contributed by atoms with E-state index in [1.54, 1.807) is 0 Å². The molecule has 0 heterocycles. The molecule has 2 rings (SSSR count). The Morgan fingerprint density at radius 1 is 1.40 bits per heavy atom. The molecule has 1 aliphatic carbocycles. The van der Waals surface area contributed by atoms with Crippen LogP contribution in [0.25, 0.3) is 0 Å². The lowest BCUT2D eigenvalue weighted by atomic mass is 9.81. The summed E-state index contributed by atoms with van der Waals surface area (Å²) in [6.07, 6.45) is 5.20. The van der Waals surface area contributed by atoms with E-state index in [9.17, 15) is 4.79 Å². The Morgan fingerprint density at radius 3 is 2.80 bits per heavy atom. The quantitative estimate of drug-likeness (QED) is 0.812. The Morgan fingerprint density at radius 2 is 2.20 bits per heavy atom. The van der Waals surface area contributed by atoms with Crippen molar-refractivity contribution in [3.8, 4) is 0 Å². The largest absolute Gasteiger partial charge is 0.299 e. The summed E-state index contributed by atoms with van der Waals surface area (Å²) in [4.78, 5) is 11.7. The molecule has 0 saturated heterocycles. The molecule has 0 amide bonds. The van der Waals surface area contributed by atoms with Crippen molar-refractivity contribution in [2.75, 3.05) is 0 Å². The molecule has 0 aliphatic heterocycles. The minimum absolute atomic E-state index is 0.387. The third kappa shape index (κ3) is 3.16. The maximum atomic E-state index is 11.7. The Balaban J connectivity index is 1.87. The lowest BCUT2D eigenvalue weighted by Gasteiger charge is -2.24. The summed E-state index contributed by atoms with van der Waals surface area (Å²) in [5.41, 5.74) is 1.12. The van der Waals surface area contributed by atoms with Crippen LogP contribution in [-0.4, -0.2) is 5.78 Å². The Kier molecular flexibility index (Phi) is 3.57. The first-order chi connectivity index (χ1) is 7.24. The van der Waals surface area contributed by atoms with E-state index in [1.165, 1.54) is 19.3 Å². The van der Waals surface area contributed by atoms with Crippen molar-refractivity contribution in [3.05, 3.63) is 34.3 Å². The van der Waals surface area contributed by atoms with E-state index in [2.05, 4.69) is 15.9 Å². The van der Waals surface area contributed by atoms with E-state index < -0.39 is 0 Å². The van der Waals surface area contributed by atoms with Gasteiger partial charge in [0.1, 0.15) is 5.78 Å². The molecule has 1 fully saturated rings. The monoisotopic (exact) mass is 266 g/mol. The van der Waals surface area contributed by atoms with E-state index in [0.717, 1.165) is 16.5 Å². The molecule has 0 atom stereocenters. The van der Waals surface area contributed by atoms with Crippen molar-refractivity contribution in [2.24, 2.45) is 5.92 Å². The number of hydrogen-bond acceptors (Lipinski definition) is 1. The van der Waals surface area contributed by atoms with Crippen molar-refractivity contribution in [1.82, 2.24) is 0 Å². The number of carbonyl (C=O) groups is 1. The maximum Gasteiger partial charge on any atom is 0.137 e. The van der Waals surface area contributed by atoms with E-state index in [4.69, 9.17) is 0 Å². The minimum atomic E-state index is 0.387. The number of ketones is 1. The van der Waals surface area contributed by atoms with Gasteiger partial charge in [-0.1, -0.05) is 47.3 Å². The molecule has 2 heteroatoms. The zero-order valence-corrected chi connectivity index (χ0v) is 10.3. The first-order valence-electron chi connectivity index (χ1n) is 5.50. The molecular weight excluding hydrogens is 252 g/mol. The van der Waals surface area contributed by atoms with Crippen LogP contribution in [0.1, 0.15) is 31.2 Å². The first-order valence-corrected chi connectivity index (χ1v) is 6.29. The lowest BCUT2D eigenvalue weighted by Crippen LogP contribution is -2.17. The van der Waals surface area contributed by atoms with Crippen LogP contribution in [0.15, 0.2) is 28.7 Å². The van der Waals surface area contributed by atoms with Crippen molar-refractivity contribution in [3.63, 3.8) is 0 Å². The number of Topliss-reactive ketones (excluding diaryl/α,β-unsaturated/α-hetero) is 1. The molecule has 1 aromatic rings. The lowest BCUT2D eigenvalue weighted by molar-refractivity contribution is -0.119. The molecule has 1 nitrogen and oxygen atoms in total. The molecule has 1 aromatic carbocycles. The summed E-state index contributed by atoms with van der Waals surface area (Å²) in [6.45, 7) is 0. The predicted octanol–water partition coefficient (Wildman–Crippen LogP) is 3.75. The van der Waals surface area contributed by atoms with Gasteiger partial charge in [-0.05, 0) is 23.6 Å². The fraction of sp³-hybridized carbons (Fsp3) is 0.462. The molecule has 0 aromatic heterocycles. The average Bonchev–Trinajstić information content (AvgIpc) is 2.11. The summed E-state index contributed by atoms with van der Waals surface area (Å²) < 4.78 is 1.05. The van der Waals surface area contributed by atoms with Crippen LogP contribution in [0.4, 0.5) is 0 Å². The Hall–Kier alpha value is -0.630. The van der Waals surface area contributed by atoms with Gasteiger partial charge < -0.3 is 0 Å². The van der Waals surface area contributed by atoms with E-state index in [1.807, 2.05) is 24.3 Å². The van der Waals surface area contributed by atoms with Crippen LogP contribution in [0, 0.1) is 5.92 Å². The summed E-state index contributed by atoms with van der Waals surface area (Å²) in [5.74, 6) is 1.07. The van der Waals surface area contributed by atoms with Crippen molar-refractivity contribution < 1.29 is 4.79 Å². The number of halogens is 1. The van der Waals surface area contributed by atoms with Gasteiger partial charge in [-0.15, -0.1) is 0 Å². The van der Waals surface area contributed by atoms with E-state index in [0.29, 0.717) is 18.1 Å². The zero-order valence-electron chi connectivity index (χ0n) is 8.71. The van der Waals surface area contributed by atoms with Gasteiger partial charge in [0, 0.05) is 17.3 Å². The van der Waals surface area contributed by atoms with Crippen LogP contribution in [0.5, 0.6) is 0 Å². The molecule has 0 spiro atoms. The summed E-state index contributed by atoms with van der Waals surface area (Å²) in [6, 6.07) is 8.01. The van der Waals surface area contributed by atoms with Gasteiger partial charge in [0.25, 0.3) is 0 Å². The number of carbonyl (C=O) groups excluding carboxylic acids is 1. The Labute approximate surface area is 99.0 Å². The highest BCUT2D eigenvalue weighted by Crippen LogP contribution is 2.29. The molecule has 0 unspecified atom stereocenters. The van der Waals surface area contributed by atoms with Crippen LogP contribution in [-0.2, 0) is 11.2 Å². The van der Waals surface area contributed by atoms with Crippen LogP contribution in [0.3, 0.4) is 0 Å². The molecule has 15 heavy (non-hydrogen) atoms. The maximum absolute atomic E-state index is 11.7. The fourth-order valence-corrected chi connectivity index (χ4v) is 2.41. The minimum Gasteiger partial charge on any atom is -0.299 e. The Bertz CT molecular complexity index is 355. The second-order valence-corrected chi connectivity index (χ2v) is 5.26. The average molecular weight is 267 g/mol. The van der Waals surface area contributed by atoms with Gasteiger partial charge in [-0.3, -0.25) is 4.79 Å². The van der Waals surface area contributed by atoms with Gasteiger partial charge in [0.2, 0.25) is 0 Å². The summed E-state index contributed by atoms with van der Waals surface area (Å²) in [7, 11) is 0. The van der Waals surface area contributed by atoms with E-state index >= 15 is 0 Å². The smallest absolute Gasteiger partial charge is 0.137 e. The summed E-state index contributed by atoms with van der Waals surface area (Å²) >= 11 is 3.42. The highest BCUT2D eigenvalue weighted by molar-refractivity contribution is 9.10. The number of benzene rings is 1. The molecular formula is C13H15BrO. The van der Waals surface area contributed by atoms with Gasteiger partial charge in [0.15, 0.2) is 0 Å². The van der Waals surface area contributed by atoms with Crippen LogP contribution in [0.2, 0.25) is 0 Å². The summed E-state index contributed by atoms with van der Waals surface area (Å²) in [5, 5.41) is 0. The van der Waals surface area contributed by atoms with E-state index in [-0.39, 0.29) is 0 Å². The normalized spacial score (nSPS) is 16.1. The topological polar surface area (TPSA) is 17.1 Å². The zero-order chi connectivity index (χ0) is 10.7. The predicted molar refractivity (Wildman–Crippen MR) is 64.8 cm³/mol. The number of rotatable bonds is 4. The molecule has 0 N–H and O–H groups in total. The molecule has 1 aliphatic rings. The third-order valence-electron chi connectivity index (χ3n) is 3.03. The standard InChI is InChI=1S/C13H15BrO/c14-12-6-2-5-11(7-12)9-13(15)8-10-3-1-4-10/h2,5-7,10H,1,3-4,8-9H2. The number of hydrogen-bond donors (Lipinski definition) is 0. The second-order valence-electron chi connectivity index (χ2n) is 4.35. The SMILES string of the molecule is O=C(Cc1cccc(Br)c1)CC1CCC1. The van der Waals surface area contributed by atoms with Crippen LogP contribution >= 0.6 is 15.9 Å². The van der Waals surface area contributed by atoms with Crippen molar-refractivity contribution >= 4 is 21.7 Å². The first kappa shape index (κ1) is 10.9. The molecule has 80 valence electrons. The van der Waals surface area contributed by atoms with Crippen molar-refractivity contribution in [1.29, 1.82) is 0 Å².